The maximum Gasteiger partial charge on any atom is 0.152 e. The number of carbonyl (C=O) groups is 3. The fourth-order valence-corrected chi connectivity index (χ4v) is 3.71. The van der Waals surface area contributed by atoms with Crippen LogP contribution in [-0.4, -0.2) is 26.1 Å². The van der Waals surface area contributed by atoms with Gasteiger partial charge in [-0.1, -0.05) is 18.2 Å². The Labute approximate surface area is 116 Å². The lowest BCUT2D eigenvalue weighted by Crippen LogP contribution is -2.08. The minimum Gasteiger partial charge on any atom is -0.295 e. The Morgan fingerprint density at radius 1 is 0.684 bits per heavy atom. The Balaban J connectivity index is 4.40. The molecule has 0 fully saturated rings. The highest BCUT2D eigenvalue weighted by Crippen LogP contribution is 2.09. The first-order valence-corrected chi connectivity index (χ1v) is 8.88. The summed E-state index contributed by atoms with van der Waals surface area (Å²) in [5.74, 6) is 0.143. The van der Waals surface area contributed by atoms with Crippen LogP contribution in [0, 0.1) is 0 Å². The lowest BCUT2D eigenvalue weighted by Gasteiger charge is -2.07. The highest BCUT2D eigenvalue weighted by Gasteiger charge is 2.05. The predicted molar refractivity (Wildman–Crippen MR) is 81.0 cm³/mol. The van der Waals surface area contributed by atoms with Gasteiger partial charge in [-0.15, -0.1) is 0 Å². The van der Waals surface area contributed by atoms with E-state index < -0.39 is 8.80 Å². The smallest absolute Gasteiger partial charge is 0.152 e. The molecule has 104 valence electrons. The largest absolute Gasteiger partial charge is 0.295 e. The third-order valence-electron chi connectivity index (χ3n) is 2.47. The Kier molecular flexibility index (Phi) is 9.53. The van der Waals surface area contributed by atoms with Gasteiger partial charge in [0.25, 0.3) is 0 Å². The molecule has 4 heteroatoms. The zero-order valence-corrected chi connectivity index (χ0v) is 13.0. The molecule has 0 aromatic heterocycles. The van der Waals surface area contributed by atoms with Crippen LogP contribution >= 0.6 is 0 Å². The van der Waals surface area contributed by atoms with Gasteiger partial charge in [0, 0.05) is 8.80 Å². The molecule has 0 aliphatic rings. The van der Waals surface area contributed by atoms with E-state index in [0.717, 1.165) is 18.1 Å². The summed E-state index contributed by atoms with van der Waals surface area (Å²) in [6.45, 7) is 4.58. The van der Waals surface area contributed by atoms with Crippen molar-refractivity contribution in [2.75, 3.05) is 0 Å². The number of carbonyl (C=O) groups excluding carboxylic acids is 3. The summed E-state index contributed by atoms with van der Waals surface area (Å²) in [7, 11) is -1.13. The van der Waals surface area contributed by atoms with Gasteiger partial charge >= 0.3 is 0 Å². The van der Waals surface area contributed by atoms with E-state index in [1.165, 1.54) is 20.8 Å². The van der Waals surface area contributed by atoms with Crippen LogP contribution in [0.1, 0.15) is 20.8 Å². The first-order chi connectivity index (χ1) is 8.91. The molecule has 0 atom stereocenters. The van der Waals surface area contributed by atoms with Crippen LogP contribution in [0.4, 0.5) is 0 Å². The SMILES string of the molecule is CC(=O)C=CC[SiH](CC=CC(C)=O)CC=CC(C)=O. The van der Waals surface area contributed by atoms with Crippen molar-refractivity contribution >= 4 is 26.1 Å². The number of ketones is 3. The Morgan fingerprint density at radius 2 is 0.947 bits per heavy atom. The second-order valence-corrected chi connectivity index (χ2v) is 7.76. The zero-order valence-electron chi connectivity index (χ0n) is 11.9. The van der Waals surface area contributed by atoms with Crippen molar-refractivity contribution in [3.05, 3.63) is 36.5 Å². The minimum atomic E-state index is -1.13. The van der Waals surface area contributed by atoms with Crippen LogP contribution in [0.3, 0.4) is 0 Å². The molecule has 0 saturated heterocycles. The fraction of sp³-hybridized carbons (Fsp3) is 0.400. The van der Waals surface area contributed by atoms with E-state index >= 15 is 0 Å². The Hall–Kier alpha value is -1.55. The monoisotopic (exact) mass is 278 g/mol. The first-order valence-electron chi connectivity index (χ1n) is 6.43. The average Bonchev–Trinajstić information content (AvgIpc) is 2.26. The normalized spacial score (nSPS) is 13.4. The summed E-state index contributed by atoms with van der Waals surface area (Å²) in [6, 6.07) is 2.68. The van der Waals surface area contributed by atoms with Crippen LogP contribution in [-0.2, 0) is 14.4 Å². The van der Waals surface area contributed by atoms with Crippen molar-refractivity contribution in [2.24, 2.45) is 0 Å². The lowest BCUT2D eigenvalue weighted by molar-refractivity contribution is -0.113. The molecule has 0 radical (unpaired) electrons. The molecule has 0 aliphatic heterocycles. The molecule has 0 amide bonds. The summed E-state index contributed by atoms with van der Waals surface area (Å²) in [6.07, 6.45) is 10.5. The molecule has 0 rings (SSSR count). The summed E-state index contributed by atoms with van der Waals surface area (Å²) in [5, 5.41) is 0. The van der Waals surface area contributed by atoms with Gasteiger partial charge in [0.15, 0.2) is 17.3 Å². The number of rotatable bonds is 9. The van der Waals surface area contributed by atoms with E-state index in [1.807, 2.05) is 18.2 Å². The summed E-state index contributed by atoms with van der Waals surface area (Å²) in [4.78, 5) is 32.5. The van der Waals surface area contributed by atoms with Crippen molar-refractivity contribution < 1.29 is 14.4 Å². The molecule has 0 heterocycles. The molecular formula is C15H22O3Si. The van der Waals surface area contributed by atoms with Gasteiger partial charge in [0.1, 0.15) is 0 Å². The Bertz CT molecular complexity index is 344. The van der Waals surface area contributed by atoms with Gasteiger partial charge in [-0.25, -0.2) is 0 Å². The molecular weight excluding hydrogens is 256 g/mol. The molecule has 3 nitrogen and oxygen atoms in total. The van der Waals surface area contributed by atoms with Crippen molar-refractivity contribution in [1.29, 1.82) is 0 Å². The predicted octanol–water partition coefficient (Wildman–Crippen LogP) is 2.65. The Morgan fingerprint density at radius 3 is 1.16 bits per heavy atom. The molecule has 0 aromatic carbocycles. The quantitative estimate of drug-likeness (QED) is 0.481. The van der Waals surface area contributed by atoms with E-state index in [0.29, 0.717) is 0 Å². The number of hydrogen-bond donors (Lipinski definition) is 0. The third-order valence-corrected chi connectivity index (χ3v) is 5.28. The maximum atomic E-state index is 10.8. The number of allylic oxidation sites excluding steroid dienone is 6. The van der Waals surface area contributed by atoms with Crippen molar-refractivity contribution in [1.82, 2.24) is 0 Å². The second-order valence-electron chi connectivity index (χ2n) is 4.61. The van der Waals surface area contributed by atoms with Crippen LogP contribution in [0.15, 0.2) is 36.5 Å². The van der Waals surface area contributed by atoms with E-state index in [4.69, 9.17) is 0 Å². The highest BCUT2D eigenvalue weighted by atomic mass is 28.3. The van der Waals surface area contributed by atoms with Crippen molar-refractivity contribution in [2.45, 2.75) is 38.9 Å². The van der Waals surface area contributed by atoms with E-state index in [1.54, 1.807) is 18.2 Å². The molecule has 0 N–H and O–H groups in total. The molecule has 0 aromatic rings. The van der Waals surface area contributed by atoms with Gasteiger partial charge in [-0.2, -0.15) is 0 Å². The average molecular weight is 278 g/mol. The zero-order chi connectivity index (χ0) is 14.7. The maximum absolute atomic E-state index is 10.8. The summed E-state index contributed by atoms with van der Waals surface area (Å²) in [5.41, 5.74) is 0. The molecule has 0 unspecified atom stereocenters. The third kappa shape index (κ3) is 12.7. The fourth-order valence-electron chi connectivity index (χ4n) is 1.57. The van der Waals surface area contributed by atoms with Gasteiger partial charge < -0.3 is 0 Å². The van der Waals surface area contributed by atoms with Gasteiger partial charge in [0.2, 0.25) is 0 Å². The minimum absolute atomic E-state index is 0.0475. The van der Waals surface area contributed by atoms with Gasteiger partial charge in [-0.05, 0) is 57.1 Å². The van der Waals surface area contributed by atoms with Crippen LogP contribution in [0.2, 0.25) is 18.1 Å². The van der Waals surface area contributed by atoms with Crippen LogP contribution < -0.4 is 0 Å². The molecule has 0 saturated carbocycles. The van der Waals surface area contributed by atoms with Crippen LogP contribution in [0.25, 0.3) is 0 Å². The molecule has 0 aliphatic carbocycles. The topological polar surface area (TPSA) is 51.2 Å². The molecule has 19 heavy (non-hydrogen) atoms. The first kappa shape index (κ1) is 17.4. The van der Waals surface area contributed by atoms with Crippen molar-refractivity contribution in [3.8, 4) is 0 Å². The van der Waals surface area contributed by atoms with Gasteiger partial charge in [0.05, 0.1) is 0 Å². The summed E-state index contributed by atoms with van der Waals surface area (Å²) < 4.78 is 0. The summed E-state index contributed by atoms with van der Waals surface area (Å²) >= 11 is 0. The number of hydrogen-bond acceptors (Lipinski definition) is 3. The second kappa shape index (κ2) is 10.4. The molecule has 0 bridgehead atoms. The van der Waals surface area contributed by atoms with E-state index in [2.05, 4.69) is 0 Å². The standard InChI is InChI=1S/C15H22O3Si/c1-13(16)7-4-10-19(11-5-8-14(2)17)12-6-9-15(3)18/h4-9,19H,10-12H2,1-3H3. The van der Waals surface area contributed by atoms with Crippen LogP contribution in [0.5, 0.6) is 0 Å². The van der Waals surface area contributed by atoms with Gasteiger partial charge in [-0.3, -0.25) is 14.4 Å². The van der Waals surface area contributed by atoms with E-state index in [9.17, 15) is 14.4 Å². The van der Waals surface area contributed by atoms with Crippen molar-refractivity contribution in [3.63, 3.8) is 0 Å². The van der Waals surface area contributed by atoms with E-state index in [-0.39, 0.29) is 17.3 Å². The molecule has 0 spiro atoms. The highest BCUT2D eigenvalue weighted by molar-refractivity contribution is 6.60. The lowest BCUT2D eigenvalue weighted by atomic mass is 10.4.